The van der Waals surface area contributed by atoms with Gasteiger partial charge >= 0.3 is 8.77 Å². The second kappa shape index (κ2) is 4.37. The molecule has 0 aromatic heterocycles. The predicted molar refractivity (Wildman–Crippen MR) is 22.2 cm³/mol. The average Bonchev–Trinajstić information content (AvgIpc) is 1.61. The van der Waals surface area contributed by atoms with Crippen molar-refractivity contribution < 1.29 is 18.0 Å². The van der Waals surface area contributed by atoms with Crippen LogP contribution in [0, 0.1) is 0 Å². The lowest BCUT2D eigenvalue weighted by Crippen LogP contribution is -1.90. The molecule has 0 aliphatic carbocycles. The first kappa shape index (κ1) is 7.21. The van der Waals surface area contributed by atoms with E-state index in [2.05, 4.69) is 4.52 Å². The zero-order valence-electron chi connectivity index (χ0n) is 3.47. The zero-order valence-corrected chi connectivity index (χ0v) is 4.37. The van der Waals surface area contributed by atoms with E-state index in [1.807, 2.05) is 0 Å². The molecule has 0 aromatic rings. The molecule has 0 unspecified atom stereocenters. The first-order valence-electron chi connectivity index (χ1n) is 1.63. The van der Waals surface area contributed by atoms with Crippen molar-refractivity contribution in [1.82, 2.24) is 0 Å². The van der Waals surface area contributed by atoms with Crippen LogP contribution in [0.5, 0.6) is 0 Å². The zero-order chi connectivity index (χ0) is 5.70. The van der Waals surface area contributed by atoms with Crippen LogP contribution in [0.2, 0.25) is 0 Å². The Balaban J connectivity index is 2.68. The molecule has 0 radical (unpaired) electrons. The fraction of sp³-hybridized carbons (Fsp3) is 1.00. The SMILES string of the molecule is OCCOP(F)F. The van der Waals surface area contributed by atoms with Gasteiger partial charge in [0, 0.05) is 0 Å². The molecule has 7 heavy (non-hydrogen) atoms. The van der Waals surface area contributed by atoms with E-state index in [0.717, 1.165) is 0 Å². The van der Waals surface area contributed by atoms with Gasteiger partial charge in [-0.25, -0.2) is 0 Å². The summed E-state index contributed by atoms with van der Waals surface area (Å²) in [6.07, 6.45) is 0. The summed E-state index contributed by atoms with van der Waals surface area (Å²) in [4.78, 5) is 0. The molecular weight excluding hydrogens is 125 g/mol. The van der Waals surface area contributed by atoms with E-state index in [9.17, 15) is 8.39 Å². The van der Waals surface area contributed by atoms with Gasteiger partial charge in [-0.3, -0.25) is 0 Å². The van der Waals surface area contributed by atoms with Crippen molar-refractivity contribution >= 4 is 8.77 Å². The van der Waals surface area contributed by atoms with E-state index in [1.54, 1.807) is 0 Å². The van der Waals surface area contributed by atoms with Crippen LogP contribution in [0.25, 0.3) is 0 Å². The Bertz CT molecular complexity index is 42.7. The summed E-state index contributed by atoms with van der Waals surface area (Å²) in [5.74, 6) is 0. The van der Waals surface area contributed by atoms with E-state index >= 15 is 0 Å². The van der Waals surface area contributed by atoms with Crippen molar-refractivity contribution in [2.24, 2.45) is 0 Å². The van der Waals surface area contributed by atoms with Gasteiger partial charge in [0.25, 0.3) is 0 Å². The molecule has 0 amide bonds. The van der Waals surface area contributed by atoms with Gasteiger partial charge in [-0.1, -0.05) is 0 Å². The van der Waals surface area contributed by atoms with Gasteiger partial charge in [0.15, 0.2) is 0 Å². The first-order chi connectivity index (χ1) is 3.27. The van der Waals surface area contributed by atoms with Crippen LogP contribution in [0.3, 0.4) is 0 Å². The molecule has 0 heterocycles. The fourth-order valence-electron chi connectivity index (χ4n) is 0.110. The maximum Gasteiger partial charge on any atom is 0.415 e. The van der Waals surface area contributed by atoms with Crippen molar-refractivity contribution in [3.8, 4) is 0 Å². The average molecular weight is 130 g/mol. The van der Waals surface area contributed by atoms with Gasteiger partial charge < -0.3 is 9.63 Å². The van der Waals surface area contributed by atoms with E-state index in [1.165, 1.54) is 0 Å². The third-order valence-corrected chi connectivity index (χ3v) is 0.658. The van der Waals surface area contributed by atoms with Crippen molar-refractivity contribution in [3.63, 3.8) is 0 Å². The minimum Gasteiger partial charge on any atom is -0.394 e. The summed E-state index contributed by atoms with van der Waals surface area (Å²) >= 11 is 0. The Morgan fingerprint density at radius 1 is 1.57 bits per heavy atom. The lowest BCUT2D eigenvalue weighted by Gasteiger charge is -1.92. The second-order valence-corrected chi connectivity index (χ2v) is 1.42. The van der Waals surface area contributed by atoms with Crippen LogP contribution in [-0.4, -0.2) is 18.3 Å². The second-order valence-electron chi connectivity index (χ2n) is 0.759. The van der Waals surface area contributed by atoms with Crippen LogP contribution in [0.1, 0.15) is 0 Å². The third kappa shape index (κ3) is 6.21. The highest BCUT2D eigenvalue weighted by Crippen LogP contribution is 2.39. The monoisotopic (exact) mass is 130 g/mol. The molecule has 0 aromatic carbocycles. The van der Waals surface area contributed by atoms with E-state index in [4.69, 9.17) is 5.11 Å². The van der Waals surface area contributed by atoms with Gasteiger partial charge in [-0.2, -0.15) is 8.39 Å². The Kier molecular flexibility index (Phi) is 4.50. The quantitative estimate of drug-likeness (QED) is 0.581. The van der Waals surface area contributed by atoms with Crippen LogP contribution in [0.4, 0.5) is 8.39 Å². The number of halogens is 2. The summed E-state index contributed by atoms with van der Waals surface area (Å²) < 4.78 is 25.6. The molecule has 0 rings (SSSR count). The molecule has 0 bridgehead atoms. The molecule has 0 atom stereocenters. The highest BCUT2D eigenvalue weighted by Gasteiger charge is 2.00. The highest BCUT2D eigenvalue weighted by atomic mass is 31.2. The molecule has 5 heteroatoms. The summed E-state index contributed by atoms with van der Waals surface area (Å²) in [6.45, 7) is -0.606. The molecule has 0 saturated carbocycles. The molecule has 0 aliphatic rings. The molecule has 0 aliphatic heterocycles. The van der Waals surface area contributed by atoms with Crippen LogP contribution >= 0.6 is 8.77 Å². The Hall–Kier alpha value is 0.210. The molecule has 1 N–H and O–H groups in total. The van der Waals surface area contributed by atoms with E-state index in [-0.39, 0.29) is 13.2 Å². The summed E-state index contributed by atoms with van der Waals surface area (Å²) in [5, 5.41) is 7.87. The van der Waals surface area contributed by atoms with E-state index in [0.29, 0.717) is 0 Å². The highest BCUT2D eigenvalue weighted by molar-refractivity contribution is 7.40. The van der Waals surface area contributed by atoms with Crippen LogP contribution < -0.4 is 0 Å². The summed E-state index contributed by atoms with van der Waals surface area (Å²) in [5.41, 5.74) is 0. The third-order valence-electron chi connectivity index (χ3n) is 0.280. The molecule has 0 saturated heterocycles. The molecular formula is C2H5F2O2P. The van der Waals surface area contributed by atoms with Crippen molar-refractivity contribution in [3.05, 3.63) is 0 Å². The van der Waals surface area contributed by atoms with Gasteiger partial charge in [0.05, 0.1) is 13.2 Å². The lowest BCUT2D eigenvalue weighted by atomic mass is 10.8. The van der Waals surface area contributed by atoms with Crippen molar-refractivity contribution in [1.29, 1.82) is 0 Å². The number of rotatable bonds is 3. The lowest BCUT2D eigenvalue weighted by molar-refractivity contribution is 0.199. The van der Waals surface area contributed by atoms with Gasteiger partial charge in [-0.05, 0) is 0 Å². The molecule has 0 fully saturated rings. The van der Waals surface area contributed by atoms with Gasteiger partial charge in [0.2, 0.25) is 0 Å². The van der Waals surface area contributed by atoms with Crippen molar-refractivity contribution in [2.45, 2.75) is 0 Å². The fourth-order valence-corrected chi connectivity index (χ4v) is 0.329. The Morgan fingerprint density at radius 2 is 2.14 bits per heavy atom. The van der Waals surface area contributed by atoms with Crippen LogP contribution in [-0.2, 0) is 4.52 Å². The van der Waals surface area contributed by atoms with Gasteiger partial charge in [-0.15, -0.1) is 0 Å². The van der Waals surface area contributed by atoms with Crippen molar-refractivity contribution in [2.75, 3.05) is 13.2 Å². The minimum atomic E-state index is -3.27. The summed E-state index contributed by atoms with van der Waals surface area (Å²) in [6, 6.07) is 0. The normalized spacial score (nSPS) is 10.3. The molecule has 44 valence electrons. The van der Waals surface area contributed by atoms with Crippen LogP contribution in [0.15, 0.2) is 0 Å². The number of hydrogen-bond acceptors (Lipinski definition) is 2. The number of aliphatic hydroxyl groups excluding tert-OH is 1. The molecule has 2 nitrogen and oxygen atoms in total. The smallest absolute Gasteiger partial charge is 0.394 e. The molecule has 0 spiro atoms. The number of hydrogen-bond donors (Lipinski definition) is 1. The minimum absolute atomic E-state index is 0.265. The van der Waals surface area contributed by atoms with Gasteiger partial charge in [0.1, 0.15) is 0 Å². The maximum absolute atomic E-state index is 11.0. The number of aliphatic hydroxyl groups is 1. The predicted octanol–water partition coefficient (Wildman–Crippen LogP) is 1.16. The Morgan fingerprint density at radius 3 is 2.29 bits per heavy atom. The standard InChI is InChI=1S/C2H5F2O2P/c3-7(4)6-2-1-5/h5H,1-2H2. The maximum atomic E-state index is 11.0. The first-order valence-corrected chi connectivity index (χ1v) is 2.67. The van der Waals surface area contributed by atoms with E-state index < -0.39 is 8.77 Å². The largest absolute Gasteiger partial charge is 0.415 e. The topological polar surface area (TPSA) is 29.5 Å². The Labute approximate surface area is 41.2 Å². The summed E-state index contributed by atoms with van der Waals surface area (Å²) in [7, 11) is -3.27.